The molecule has 9 nitrogen and oxygen atoms in total. The third kappa shape index (κ3) is 16.5. The second-order valence-corrected chi connectivity index (χ2v) is 13.0. The number of carboxylic acid groups (broad SMARTS) is 1. The van der Waals surface area contributed by atoms with Gasteiger partial charge >= 0.3 is 18.0 Å². The number of carbonyl (C=O) groups is 4. The van der Waals surface area contributed by atoms with Crippen LogP contribution >= 0.6 is 0 Å². The molecule has 0 saturated carbocycles. The average Bonchev–Trinajstić information content (AvgIpc) is 3.34. The molecule has 0 spiro atoms. The number of aliphatic carboxylic acids is 1. The van der Waals surface area contributed by atoms with Crippen LogP contribution in [0.2, 0.25) is 0 Å². The van der Waals surface area contributed by atoms with Crippen molar-refractivity contribution in [1.82, 2.24) is 10.6 Å². The minimum Gasteiger partial charge on any atom is -0.480 e. The van der Waals surface area contributed by atoms with E-state index in [0.29, 0.717) is 26.0 Å². The largest absolute Gasteiger partial charge is 0.480 e. The zero-order valence-corrected chi connectivity index (χ0v) is 28.9. The van der Waals surface area contributed by atoms with E-state index in [2.05, 4.69) is 34.9 Å². The maximum atomic E-state index is 11.6. The molecule has 0 saturated heterocycles. The van der Waals surface area contributed by atoms with Gasteiger partial charge in [0.05, 0.1) is 0 Å². The molecule has 0 atom stereocenters. The fourth-order valence-electron chi connectivity index (χ4n) is 5.59. The topological polar surface area (TPSA) is 131 Å². The van der Waals surface area contributed by atoms with Crippen molar-refractivity contribution >= 4 is 23.9 Å². The molecule has 47 heavy (non-hydrogen) atoms. The monoisotopic (exact) mass is 652 g/mol. The van der Waals surface area contributed by atoms with Crippen molar-refractivity contribution < 1.29 is 33.8 Å². The number of hydrogen-bond donors (Lipinski definition) is 3. The molecule has 2 aromatic rings. The number of amides is 2. The van der Waals surface area contributed by atoms with Crippen molar-refractivity contribution in [3.63, 3.8) is 0 Å². The van der Waals surface area contributed by atoms with Crippen LogP contribution in [0.4, 0.5) is 4.79 Å². The Kier molecular flexibility index (Phi) is 18.3. The van der Waals surface area contributed by atoms with Crippen molar-refractivity contribution in [2.45, 2.75) is 123 Å². The number of esters is 1. The first kappa shape index (κ1) is 39.3. The standard InChI is InChI=1S/C21H39NO5.C17H17NO2/c1-21(2,3)27-20(26)16-14-12-10-8-6-4-5-7-9-11-13-15-18(23)22-17-19(24)25;1-2-18-17(19)20-11-16-14-9-5-3-7-12(14)13-8-4-6-10-15(13)16/h4-17H2,1-3H3,(H,22,23)(H,24,25);3-10,16H,2,11H2,1H3,(H,18,19). The lowest BCUT2D eigenvalue weighted by Gasteiger charge is -2.19. The first-order chi connectivity index (χ1) is 22.5. The molecule has 2 aromatic carbocycles. The van der Waals surface area contributed by atoms with Crippen LogP contribution in [0.25, 0.3) is 11.1 Å². The van der Waals surface area contributed by atoms with Gasteiger partial charge in [0.1, 0.15) is 18.8 Å². The number of carboxylic acids is 1. The van der Waals surface area contributed by atoms with E-state index in [9.17, 15) is 19.2 Å². The van der Waals surface area contributed by atoms with E-state index in [-0.39, 0.29) is 36.0 Å². The summed E-state index contributed by atoms with van der Waals surface area (Å²) >= 11 is 0. The molecule has 0 heterocycles. The van der Waals surface area contributed by atoms with E-state index in [1.165, 1.54) is 60.8 Å². The van der Waals surface area contributed by atoms with E-state index in [4.69, 9.17) is 14.6 Å². The minimum atomic E-state index is -1.01. The summed E-state index contributed by atoms with van der Waals surface area (Å²) in [6.07, 6.45) is 12.8. The summed E-state index contributed by atoms with van der Waals surface area (Å²) in [5.41, 5.74) is 4.57. The Morgan fingerprint density at radius 2 is 1.17 bits per heavy atom. The fraction of sp³-hybridized carbons (Fsp3) is 0.579. The Hall–Kier alpha value is -3.88. The van der Waals surface area contributed by atoms with Gasteiger partial charge in [0, 0.05) is 25.3 Å². The number of rotatable bonds is 19. The van der Waals surface area contributed by atoms with Crippen LogP contribution in [0.15, 0.2) is 48.5 Å². The van der Waals surface area contributed by atoms with E-state index in [1.807, 2.05) is 52.0 Å². The molecular formula is C38H56N2O7. The molecule has 3 rings (SSSR count). The molecule has 1 aliphatic carbocycles. The van der Waals surface area contributed by atoms with Crippen LogP contribution in [0.3, 0.4) is 0 Å². The molecule has 0 fully saturated rings. The van der Waals surface area contributed by atoms with Crippen LogP contribution in [0, 0.1) is 0 Å². The smallest absolute Gasteiger partial charge is 0.407 e. The normalized spacial score (nSPS) is 11.8. The summed E-state index contributed by atoms with van der Waals surface area (Å²) in [7, 11) is 0. The number of benzene rings is 2. The van der Waals surface area contributed by atoms with Gasteiger partial charge in [-0.1, -0.05) is 106 Å². The lowest BCUT2D eigenvalue weighted by Crippen LogP contribution is -2.28. The maximum Gasteiger partial charge on any atom is 0.407 e. The lowest BCUT2D eigenvalue weighted by atomic mass is 9.98. The van der Waals surface area contributed by atoms with E-state index in [0.717, 1.165) is 32.1 Å². The zero-order chi connectivity index (χ0) is 34.5. The first-order valence-corrected chi connectivity index (χ1v) is 17.3. The highest BCUT2D eigenvalue weighted by Gasteiger charge is 2.28. The lowest BCUT2D eigenvalue weighted by molar-refractivity contribution is -0.155. The summed E-state index contributed by atoms with van der Waals surface area (Å²) in [5.74, 6) is -1.15. The van der Waals surface area contributed by atoms with Gasteiger partial charge in [0.25, 0.3) is 0 Å². The Bertz CT molecular complexity index is 1210. The SMILES string of the molecule is CC(C)(C)OC(=O)CCCCCCCCCCCCCC(=O)NCC(=O)O.CCNC(=O)OCC1c2ccccc2-c2ccccc21. The third-order valence-corrected chi connectivity index (χ3v) is 7.81. The Morgan fingerprint density at radius 3 is 1.64 bits per heavy atom. The van der Waals surface area contributed by atoms with Gasteiger partial charge in [-0.3, -0.25) is 14.4 Å². The number of unbranched alkanes of at least 4 members (excludes halogenated alkanes) is 10. The first-order valence-electron chi connectivity index (χ1n) is 17.3. The number of nitrogens with one attached hydrogen (secondary N) is 2. The van der Waals surface area contributed by atoms with Gasteiger partial charge < -0.3 is 25.2 Å². The summed E-state index contributed by atoms with van der Waals surface area (Å²) in [4.78, 5) is 44.7. The number of alkyl carbamates (subject to hydrolysis) is 1. The second-order valence-electron chi connectivity index (χ2n) is 13.0. The zero-order valence-electron chi connectivity index (χ0n) is 28.9. The van der Waals surface area contributed by atoms with Crippen LogP contribution in [-0.2, 0) is 23.9 Å². The van der Waals surface area contributed by atoms with Gasteiger partial charge in [-0.2, -0.15) is 0 Å². The highest BCUT2D eigenvalue weighted by Crippen LogP contribution is 2.44. The quantitative estimate of drug-likeness (QED) is 0.103. The predicted molar refractivity (Wildman–Crippen MR) is 185 cm³/mol. The van der Waals surface area contributed by atoms with Crippen molar-refractivity contribution in [3.8, 4) is 11.1 Å². The molecule has 260 valence electrons. The fourth-order valence-corrected chi connectivity index (χ4v) is 5.59. The van der Waals surface area contributed by atoms with Crippen molar-refractivity contribution in [1.29, 1.82) is 0 Å². The molecule has 0 radical (unpaired) electrons. The van der Waals surface area contributed by atoms with Crippen molar-refractivity contribution in [2.24, 2.45) is 0 Å². The molecule has 0 aliphatic heterocycles. The highest BCUT2D eigenvalue weighted by atomic mass is 16.6. The molecule has 0 unspecified atom stereocenters. The van der Waals surface area contributed by atoms with E-state index < -0.39 is 5.97 Å². The third-order valence-electron chi connectivity index (χ3n) is 7.81. The second kappa shape index (κ2) is 21.8. The molecule has 1 aliphatic rings. The Morgan fingerprint density at radius 1 is 0.702 bits per heavy atom. The predicted octanol–water partition coefficient (Wildman–Crippen LogP) is 8.15. The van der Waals surface area contributed by atoms with E-state index in [1.54, 1.807) is 0 Å². The number of carbonyl (C=O) groups excluding carboxylic acids is 3. The number of ether oxygens (including phenoxy) is 2. The van der Waals surface area contributed by atoms with Gasteiger partial charge in [-0.05, 0) is 62.8 Å². The highest BCUT2D eigenvalue weighted by molar-refractivity contribution is 5.81. The molecule has 3 N–H and O–H groups in total. The number of fused-ring (bicyclic) bond motifs is 3. The van der Waals surface area contributed by atoms with Gasteiger partial charge in [0.2, 0.25) is 5.91 Å². The Balaban J connectivity index is 0.000000338. The van der Waals surface area contributed by atoms with Crippen LogP contribution in [-0.4, -0.2) is 54.3 Å². The van der Waals surface area contributed by atoms with Crippen LogP contribution in [0.5, 0.6) is 0 Å². The molecule has 0 aromatic heterocycles. The van der Waals surface area contributed by atoms with E-state index >= 15 is 0 Å². The molecule has 9 heteroatoms. The molecule has 0 bridgehead atoms. The van der Waals surface area contributed by atoms with Crippen LogP contribution in [0.1, 0.15) is 128 Å². The summed E-state index contributed by atoms with van der Waals surface area (Å²) in [6.45, 7) is 8.22. The Labute approximate surface area is 281 Å². The van der Waals surface area contributed by atoms with Gasteiger partial charge in [0.15, 0.2) is 0 Å². The summed E-state index contributed by atoms with van der Waals surface area (Å²) in [6, 6.07) is 16.6. The van der Waals surface area contributed by atoms with Crippen molar-refractivity contribution in [2.75, 3.05) is 19.7 Å². The number of hydrogen-bond acceptors (Lipinski definition) is 6. The van der Waals surface area contributed by atoms with Gasteiger partial charge in [-0.25, -0.2) is 4.79 Å². The molecular weight excluding hydrogens is 596 g/mol. The summed E-state index contributed by atoms with van der Waals surface area (Å²) < 4.78 is 10.6. The molecule has 2 amide bonds. The van der Waals surface area contributed by atoms with Crippen LogP contribution < -0.4 is 10.6 Å². The average molecular weight is 653 g/mol. The van der Waals surface area contributed by atoms with Gasteiger partial charge in [-0.15, -0.1) is 0 Å². The maximum absolute atomic E-state index is 11.6. The summed E-state index contributed by atoms with van der Waals surface area (Å²) in [5, 5.41) is 13.5. The van der Waals surface area contributed by atoms with Crippen molar-refractivity contribution in [3.05, 3.63) is 59.7 Å². The minimum absolute atomic E-state index is 0.0955.